The van der Waals surface area contributed by atoms with Crippen molar-refractivity contribution in [1.82, 2.24) is 0 Å². The van der Waals surface area contributed by atoms with Crippen molar-refractivity contribution in [2.45, 2.75) is 40.0 Å². The van der Waals surface area contributed by atoms with Crippen molar-refractivity contribution in [3.05, 3.63) is 29.3 Å². The molecule has 0 aliphatic heterocycles. The van der Waals surface area contributed by atoms with Crippen LogP contribution in [0.3, 0.4) is 0 Å². The Morgan fingerprint density at radius 3 is 2.61 bits per heavy atom. The van der Waals surface area contributed by atoms with Gasteiger partial charge in [0.15, 0.2) is 5.78 Å². The van der Waals surface area contributed by atoms with Crippen LogP contribution in [-0.4, -0.2) is 11.8 Å². The molecule has 0 bridgehead atoms. The van der Waals surface area contributed by atoms with E-state index in [0.29, 0.717) is 12.2 Å². The van der Waals surface area contributed by atoms with Crippen molar-refractivity contribution in [2.75, 3.05) is 0 Å². The first-order chi connectivity index (χ1) is 8.38. The minimum absolute atomic E-state index is 0.185. The molecule has 0 saturated heterocycles. The molecule has 0 unspecified atom stereocenters. The normalized spacial score (nSPS) is 15.2. The molecule has 0 atom stereocenters. The van der Waals surface area contributed by atoms with Gasteiger partial charge in [-0.2, -0.15) is 0 Å². The largest absolute Gasteiger partial charge is 0.426 e. The van der Waals surface area contributed by atoms with Crippen LogP contribution in [0, 0.1) is 5.41 Å². The zero-order valence-electron chi connectivity index (χ0n) is 11.1. The second kappa shape index (κ2) is 4.56. The number of benzene rings is 1. The second-order valence-corrected chi connectivity index (χ2v) is 5.74. The molecule has 0 saturated carbocycles. The third kappa shape index (κ3) is 2.61. The third-order valence-electron chi connectivity index (χ3n) is 3.05. The second-order valence-electron chi connectivity index (χ2n) is 5.74. The van der Waals surface area contributed by atoms with Crippen molar-refractivity contribution in [1.29, 1.82) is 0 Å². The molecular formula is C15H18O3. The van der Waals surface area contributed by atoms with Crippen molar-refractivity contribution in [3.63, 3.8) is 0 Å². The van der Waals surface area contributed by atoms with E-state index in [9.17, 15) is 9.59 Å². The molecule has 0 N–H and O–H groups in total. The number of fused-ring (bicyclic) bond motifs is 1. The third-order valence-corrected chi connectivity index (χ3v) is 3.05. The molecule has 0 amide bonds. The van der Waals surface area contributed by atoms with Crippen LogP contribution >= 0.6 is 0 Å². The molecular weight excluding hydrogens is 228 g/mol. The van der Waals surface area contributed by atoms with Crippen molar-refractivity contribution in [2.24, 2.45) is 5.41 Å². The number of ketones is 1. The number of carbonyl (C=O) groups is 2. The fourth-order valence-corrected chi connectivity index (χ4v) is 1.95. The minimum Gasteiger partial charge on any atom is -0.426 e. The van der Waals surface area contributed by atoms with E-state index in [1.165, 1.54) is 0 Å². The Kier molecular flexibility index (Phi) is 3.24. The number of aryl methyl sites for hydroxylation is 1. The molecule has 18 heavy (non-hydrogen) atoms. The van der Waals surface area contributed by atoms with Crippen LogP contribution in [0.1, 0.15) is 49.5 Å². The van der Waals surface area contributed by atoms with E-state index in [4.69, 9.17) is 4.74 Å². The molecule has 0 aromatic heterocycles. The number of ether oxygens (including phenoxy) is 1. The minimum atomic E-state index is -0.522. The Balaban J connectivity index is 2.22. The zero-order chi connectivity index (χ0) is 13.3. The van der Waals surface area contributed by atoms with Crippen LogP contribution < -0.4 is 4.74 Å². The van der Waals surface area contributed by atoms with Gasteiger partial charge in [0, 0.05) is 12.0 Å². The molecule has 3 nitrogen and oxygen atoms in total. The molecule has 1 aliphatic carbocycles. The van der Waals surface area contributed by atoms with Gasteiger partial charge in [-0.15, -0.1) is 0 Å². The molecule has 0 fully saturated rings. The highest BCUT2D eigenvalue weighted by atomic mass is 16.5. The Labute approximate surface area is 107 Å². The summed E-state index contributed by atoms with van der Waals surface area (Å²) in [5, 5.41) is 0. The predicted molar refractivity (Wildman–Crippen MR) is 68.8 cm³/mol. The van der Waals surface area contributed by atoms with E-state index in [0.717, 1.165) is 24.0 Å². The molecule has 3 heteroatoms. The summed E-state index contributed by atoms with van der Waals surface area (Å²) in [6, 6.07) is 5.28. The highest BCUT2D eigenvalue weighted by molar-refractivity contribution is 5.98. The molecule has 0 heterocycles. The number of hydrogen-bond donors (Lipinski definition) is 0. The fraction of sp³-hybridized carbons (Fsp3) is 0.467. The number of Topliss-reactive ketones (excluding diaryl/α,β-unsaturated/α-hetero) is 1. The molecule has 2 rings (SSSR count). The average molecular weight is 246 g/mol. The van der Waals surface area contributed by atoms with Gasteiger partial charge < -0.3 is 4.74 Å². The molecule has 0 spiro atoms. The molecule has 1 aromatic rings. The van der Waals surface area contributed by atoms with Crippen LogP contribution in [0.15, 0.2) is 18.2 Å². The molecule has 96 valence electrons. The Morgan fingerprint density at radius 1 is 1.22 bits per heavy atom. The highest BCUT2D eigenvalue weighted by Crippen LogP contribution is 2.26. The summed E-state index contributed by atoms with van der Waals surface area (Å²) in [6.07, 6.45) is 2.37. The first-order valence-electron chi connectivity index (χ1n) is 6.26. The van der Waals surface area contributed by atoms with Crippen molar-refractivity contribution in [3.8, 4) is 5.75 Å². The SMILES string of the molecule is CC(C)(C)C(=O)Oc1ccc2c(c1)CCCC2=O. The summed E-state index contributed by atoms with van der Waals surface area (Å²) in [5.74, 6) is 0.456. The maximum Gasteiger partial charge on any atom is 0.316 e. The average Bonchev–Trinajstić information content (AvgIpc) is 2.28. The van der Waals surface area contributed by atoms with Gasteiger partial charge in [-0.1, -0.05) is 0 Å². The van der Waals surface area contributed by atoms with Gasteiger partial charge in [0.05, 0.1) is 5.41 Å². The highest BCUT2D eigenvalue weighted by Gasteiger charge is 2.24. The summed E-state index contributed by atoms with van der Waals surface area (Å²) in [6.45, 7) is 5.45. The lowest BCUT2D eigenvalue weighted by Crippen LogP contribution is -2.25. The Hall–Kier alpha value is -1.64. The topological polar surface area (TPSA) is 43.4 Å². The maximum absolute atomic E-state index is 11.8. The lowest BCUT2D eigenvalue weighted by Gasteiger charge is -2.18. The van der Waals surface area contributed by atoms with Crippen molar-refractivity contribution < 1.29 is 14.3 Å². The van der Waals surface area contributed by atoms with E-state index in [1.54, 1.807) is 12.1 Å². The summed E-state index contributed by atoms with van der Waals surface area (Å²) < 4.78 is 5.33. The lowest BCUT2D eigenvalue weighted by molar-refractivity contribution is -0.142. The standard InChI is InChI=1S/C15H18O3/c1-15(2,3)14(17)18-11-7-8-12-10(9-11)5-4-6-13(12)16/h7-9H,4-6H2,1-3H3. The smallest absolute Gasteiger partial charge is 0.316 e. The van der Waals surface area contributed by atoms with Crippen LogP contribution in [-0.2, 0) is 11.2 Å². The van der Waals surface area contributed by atoms with E-state index in [-0.39, 0.29) is 11.8 Å². The van der Waals surface area contributed by atoms with Gasteiger partial charge in [0.1, 0.15) is 5.75 Å². The number of hydrogen-bond acceptors (Lipinski definition) is 3. The van der Waals surface area contributed by atoms with E-state index < -0.39 is 5.41 Å². The van der Waals surface area contributed by atoms with Gasteiger partial charge in [0.25, 0.3) is 0 Å². The fourth-order valence-electron chi connectivity index (χ4n) is 1.95. The van der Waals surface area contributed by atoms with Crippen LogP contribution in [0.2, 0.25) is 0 Å². The Bertz CT molecular complexity index is 495. The maximum atomic E-state index is 11.8. The Morgan fingerprint density at radius 2 is 1.94 bits per heavy atom. The molecule has 1 aliphatic rings. The quantitative estimate of drug-likeness (QED) is 0.564. The lowest BCUT2D eigenvalue weighted by atomic mass is 9.90. The van der Waals surface area contributed by atoms with Crippen LogP contribution in [0.25, 0.3) is 0 Å². The van der Waals surface area contributed by atoms with Gasteiger partial charge in [0.2, 0.25) is 0 Å². The van der Waals surface area contributed by atoms with Gasteiger partial charge in [-0.25, -0.2) is 0 Å². The first-order valence-corrected chi connectivity index (χ1v) is 6.26. The van der Waals surface area contributed by atoms with E-state index >= 15 is 0 Å². The number of carbonyl (C=O) groups excluding carboxylic acids is 2. The van der Waals surface area contributed by atoms with Crippen LogP contribution in [0.5, 0.6) is 5.75 Å². The van der Waals surface area contributed by atoms with Crippen LogP contribution in [0.4, 0.5) is 0 Å². The van der Waals surface area contributed by atoms with Gasteiger partial charge in [-0.05, 0) is 57.4 Å². The summed E-state index contributed by atoms with van der Waals surface area (Å²) in [5.41, 5.74) is 1.24. The monoisotopic (exact) mass is 246 g/mol. The number of rotatable bonds is 1. The first kappa shape index (κ1) is 12.8. The van der Waals surface area contributed by atoms with E-state index in [1.807, 2.05) is 26.8 Å². The zero-order valence-corrected chi connectivity index (χ0v) is 11.1. The summed E-state index contributed by atoms with van der Waals surface area (Å²) in [4.78, 5) is 23.4. The summed E-state index contributed by atoms with van der Waals surface area (Å²) in [7, 11) is 0. The molecule has 0 radical (unpaired) electrons. The van der Waals surface area contributed by atoms with Crippen molar-refractivity contribution >= 4 is 11.8 Å². The molecule has 1 aromatic carbocycles. The van der Waals surface area contributed by atoms with E-state index in [2.05, 4.69) is 0 Å². The summed E-state index contributed by atoms with van der Waals surface area (Å²) >= 11 is 0. The van der Waals surface area contributed by atoms with Gasteiger partial charge >= 0.3 is 5.97 Å². The van der Waals surface area contributed by atoms with Gasteiger partial charge in [-0.3, -0.25) is 9.59 Å². The number of esters is 1. The predicted octanol–water partition coefficient (Wildman–Crippen LogP) is 3.16.